The van der Waals surface area contributed by atoms with Crippen LogP contribution in [0.15, 0.2) is 83.8 Å². The summed E-state index contributed by atoms with van der Waals surface area (Å²) in [4.78, 5) is 13.3. The van der Waals surface area contributed by atoms with Gasteiger partial charge in [0.05, 0.1) is 12.7 Å². The smallest absolute Gasteiger partial charge is 0.339 e. The lowest BCUT2D eigenvalue weighted by Crippen LogP contribution is -2.05. The van der Waals surface area contributed by atoms with Crippen LogP contribution >= 0.6 is 11.8 Å². The minimum atomic E-state index is -0.301. The topological polar surface area (TPSA) is 26.3 Å². The summed E-state index contributed by atoms with van der Waals surface area (Å²) in [7, 11) is 1.43. The summed E-state index contributed by atoms with van der Waals surface area (Å²) >= 11 is 1.65. The quantitative estimate of drug-likeness (QED) is 0.459. The van der Waals surface area contributed by atoms with Crippen LogP contribution in [-0.2, 0) is 10.5 Å². The van der Waals surface area contributed by atoms with Crippen molar-refractivity contribution in [2.75, 3.05) is 7.11 Å². The molecule has 0 spiro atoms. The Kier molecular flexibility index (Phi) is 5.34. The minimum absolute atomic E-state index is 0.301. The second-order valence-electron chi connectivity index (χ2n) is 5.31. The average molecular weight is 334 g/mol. The van der Waals surface area contributed by atoms with E-state index < -0.39 is 0 Å². The minimum Gasteiger partial charge on any atom is -0.465 e. The van der Waals surface area contributed by atoms with Crippen molar-refractivity contribution in [1.29, 1.82) is 0 Å². The fraction of sp³-hybridized carbons (Fsp3) is 0.0952. The van der Waals surface area contributed by atoms with Crippen LogP contribution < -0.4 is 0 Å². The van der Waals surface area contributed by atoms with Gasteiger partial charge in [-0.3, -0.25) is 0 Å². The van der Waals surface area contributed by atoms with Crippen molar-refractivity contribution in [3.05, 3.63) is 90.0 Å². The number of hydrogen-bond donors (Lipinski definition) is 0. The Bertz CT molecular complexity index is 814. The lowest BCUT2D eigenvalue weighted by Gasteiger charge is -2.13. The van der Waals surface area contributed by atoms with Gasteiger partial charge in [-0.1, -0.05) is 72.8 Å². The Balaban J connectivity index is 1.98. The number of carbonyl (C=O) groups is 1. The Hall–Kier alpha value is -2.52. The van der Waals surface area contributed by atoms with Crippen molar-refractivity contribution in [3.8, 4) is 11.1 Å². The van der Waals surface area contributed by atoms with Gasteiger partial charge >= 0.3 is 5.97 Å². The number of benzene rings is 3. The predicted molar refractivity (Wildman–Crippen MR) is 99.2 cm³/mol. The molecule has 0 heterocycles. The highest BCUT2D eigenvalue weighted by atomic mass is 32.2. The predicted octanol–water partition coefficient (Wildman–Crippen LogP) is 5.43. The average Bonchev–Trinajstić information content (AvgIpc) is 2.67. The molecule has 2 nitrogen and oxygen atoms in total. The highest BCUT2D eigenvalue weighted by Crippen LogP contribution is 2.34. The summed E-state index contributed by atoms with van der Waals surface area (Å²) in [6, 6.07) is 26.1. The van der Waals surface area contributed by atoms with E-state index in [-0.39, 0.29) is 5.97 Å². The number of carbonyl (C=O) groups excluding carboxylic acids is 1. The highest BCUT2D eigenvalue weighted by molar-refractivity contribution is 7.98. The molecule has 24 heavy (non-hydrogen) atoms. The molecular weight excluding hydrogens is 316 g/mol. The van der Waals surface area contributed by atoms with Crippen LogP contribution in [0.3, 0.4) is 0 Å². The van der Waals surface area contributed by atoms with Gasteiger partial charge in [-0.15, -0.1) is 11.8 Å². The largest absolute Gasteiger partial charge is 0.465 e. The number of hydrogen-bond acceptors (Lipinski definition) is 3. The lowest BCUT2D eigenvalue weighted by atomic mass is 10.00. The van der Waals surface area contributed by atoms with Gasteiger partial charge in [0.15, 0.2) is 0 Å². The maximum atomic E-state index is 12.4. The van der Waals surface area contributed by atoms with Crippen molar-refractivity contribution in [1.82, 2.24) is 0 Å². The third kappa shape index (κ3) is 3.69. The molecular formula is C21H18O2S. The SMILES string of the molecule is COC(=O)c1c(SCc2ccccc2)cccc1-c1ccccc1. The summed E-state index contributed by atoms with van der Waals surface area (Å²) < 4.78 is 5.04. The van der Waals surface area contributed by atoms with E-state index in [2.05, 4.69) is 12.1 Å². The van der Waals surface area contributed by atoms with Crippen molar-refractivity contribution >= 4 is 17.7 Å². The van der Waals surface area contributed by atoms with Crippen LogP contribution in [0.25, 0.3) is 11.1 Å². The first-order valence-electron chi connectivity index (χ1n) is 7.73. The Labute approximate surface area is 146 Å². The van der Waals surface area contributed by atoms with Gasteiger partial charge in [0.2, 0.25) is 0 Å². The molecule has 0 fully saturated rings. The first-order valence-corrected chi connectivity index (χ1v) is 8.71. The van der Waals surface area contributed by atoms with Crippen LogP contribution in [-0.4, -0.2) is 13.1 Å². The molecule has 0 atom stereocenters. The molecule has 0 aliphatic carbocycles. The van der Waals surface area contributed by atoms with E-state index in [9.17, 15) is 4.79 Å². The van der Waals surface area contributed by atoms with Crippen molar-refractivity contribution in [3.63, 3.8) is 0 Å². The second-order valence-corrected chi connectivity index (χ2v) is 6.33. The van der Waals surface area contributed by atoms with E-state index in [1.54, 1.807) is 11.8 Å². The van der Waals surface area contributed by atoms with Crippen LogP contribution in [0.4, 0.5) is 0 Å². The van der Waals surface area contributed by atoms with Gasteiger partial charge < -0.3 is 4.74 Å². The molecule has 120 valence electrons. The van der Waals surface area contributed by atoms with E-state index in [0.717, 1.165) is 21.8 Å². The molecule has 0 amide bonds. The van der Waals surface area contributed by atoms with Gasteiger partial charge in [0.25, 0.3) is 0 Å². The van der Waals surface area contributed by atoms with Gasteiger partial charge in [-0.05, 0) is 22.8 Å². The van der Waals surface area contributed by atoms with Gasteiger partial charge in [0, 0.05) is 10.6 Å². The van der Waals surface area contributed by atoms with Gasteiger partial charge in [-0.25, -0.2) is 4.79 Å². The van der Waals surface area contributed by atoms with Crippen molar-refractivity contribution in [2.45, 2.75) is 10.6 Å². The van der Waals surface area contributed by atoms with E-state index in [1.165, 1.54) is 12.7 Å². The number of ether oxygens (including phenoxy) is 1. The molecule has 3 heteroatoms. The molecule has 0 radical (unpaired) electrons. The second kappa shape index (κ2) is 7.84. The summed E-state index contributed by atoms with van der Waals surface area (Å²) in [5, 5.41) is 0. The first-order chi connectivity index (χ1) is 11.8. The molecule has 0 saturated heterocycles. The Morgan fingerprint density at radius 1 is 0.875 bits per heavy atom. The van der Waals surface area contributed by atoms with E-state index in [1.807, 2.05) is 66.7 Å². The van der Waals surface area contributed by atoms with Gasteiger partial charge in [0.1, 0.15) is 0 Å². The molecule has 3 aromatic carbocycles. The maximum absolute atomic E-state index is 12.4. The molecule has 3 aromatic rings. The summed E-state index contributed by atoms with van der Waals surface area (Å²) in [5.74, 6) is 0.508. The zero-order valence-corrected chi connectivity index (χ0v) is 14.3. The highest BCUT2D eigenvalue weighted by Gasteiger charge is 2.18. The third-order valence-electron chi connectivity index (χ3n) is 3.74. The number of methoxy groups -OCH3 is 1. The van der Waals surface area contributed by atoms with E-state index in [4.69, 9.17) is 4.74 Å². The first kappa shape index (κ1) is 16.3. The molecule has 0 aliphatic rings. The fourth-order valence-electron chi connectivity index (χ4n) is 2.56. The van der Waals surface area contributed by atoms with Crippen LogP contribution in [0, 0.1) is 0 Å². The van der Waals surface area contributed by atoms with Crippen molar-refractivity contribution < 1.29 is 9.53 Å². The van der Waals surface area contributed by atoms with Crippen LogP contribution in [0.1, 0.15) is 15.9 Å². The summed E-state index contributed by atoms with van der Waals surface area (Å²) in [6.45, 7) is 0. The monoisotopic (exact) mass is 334 g/mol. The van der Waals surface area contributed by atoms with Crippen LogP contribution in [0.5, 0.6) is 0 Å². The summed E-state index contributed by atoms with van der Waals surface area (Å²) in [5.41, 5.74) is 3.77. The Morgan fingerprint density at radius 3 is 2.21 bits per heavy atom. The molecule has 0 N–H and O–H groups in total. The molecule has 0 aromatic heterocycles. The normalized spacial score (nSPS) is 10.4. The summed E-state index contributed by atoms with van der Waals surface area (Å²) in [6.07, 6.45) is 0. The third-order valence-corrected chi connectivity index (χ3v) is 4.87. The molecule has 0 unspecified atom stereocenters. The maximum Gasteiger partial charge on any atom is 0.339 e. The standard InChI is InChI=1S/C21H18O2S/c1-23-21(22)20-18(17-11-6-3-7-12-17)13-8-14-19(20)24-15-16-9-4-2-5-10-16/h2-14H,15H2,1H3. The Morgan fingerprint density at radius 2 is 1.54 bits per heavy atom. The fourth-order valence-corrected chi connectivity index (χ4v) is 3.58. The number of thioether (sulfide) groups is 1. The van der Waals surface area contributed by atoms with E-state index >= 15 is 0 Å². The van der Waals surface area contributed by atoms with Gasteiger partial charge in [-0.2, -0.15) is 0 Å². The molecule has 3 rings (SSSR count). The van der Waals surface area contributed by atoms with E-state index in [0.29, 0.717) is 5.56 Å². The molecule has 0 aliphatic heterocycles. The molecule has 0 bridgehead atoms. The number of esters is 1. The number of rotatable bonds is 5. The molecule has 0 saturated carbocycles. The zero-order chi connectivity index (χ0) is 16.8. The zero-order valence-electron chi connectivity index (χ0n) is 13.4. The lowest BCUT2D eigenvalue weighted by molar-refractivity contribution is 0.0597. The van der Waals surface area contributed by atoms with Crippen molar-refractivity contribution in [2.24, 2.45) is 0 Å². The van der Waals surface area contributed by atoms with Crippen LogP contribution in [0.2, 0.25) is 0 Å².